The van der Waals surface area contributed by atoms with Gasteiger partial charge in [-0.25, -0.2) is 0 Å². The van der Waals surface area contributed by atoms with Crippen LogP contribution in [0.15, 0.2) is 42.5 Å². The molecule has 4 rings (SSSR count). The smallest absolute Gasteiger partial charge is 0.416 e. The second-order valence-electron chi connectivity index (χ2n) is 8.66. The Hall–Kier alpha value is -2.50. The van der Waals surface area contributed by atoms with Crippen molar-refractivity contribution in [3.63, 3.8) is 0 Å². The van der Waals surface area contributed by atoms with E-state index in [-0.39, 0.29) is 12.5 Å². The molecular formula is C25H28F3NO2. The maximum atomic E-state index is 13.1. The predicted molar refractivity (Wildman–Crippen MR) is 113 cm³/mol. The Bertz CT molecular complexity index is 902. The molecule has 0 N–H and O–H groups in total. The third-order valence-electron chi connectivity index (χ3n) is 6.36. The number of hydrogen-bond acceptors (Lipinski definition) is 2. The standard InChI is InChI=1S/C25H28F3NO2/c26-25(27,28)21-10-8-19(9-11-21)17-31-22-12-13-23-20(15-22)7-4-14-29(24(23)30)16-18-5-2-1-3-6-18/h8-13,15,18H,1-7,14,16-17H2. The molecular weight excluding hydrogens is 403 g/mol. The van der Waals surface area contributed by atoms with Gasteiger partial charge in [-0.1, -0.05) is 31.4 Å². The van der Waals surface area contributed by atoms with Gasteiger partial charge >= 0.3 is 6.18 Å². The average Bonchev–Trinajstić information content (AvgIpc) is 2.91. The highest BCUT2D eigenvalue weighted by molar-refractivity contribution is 5.96. The lowest BCUT2D eigenvalue weighted by atomic mass is 9.89. The number of rotatable bonds is 5. The van der Waals surface area contributed by atoms with Crippen LogP contribution in [0, 0.1) is 5.92 Å². The van der Waals surface area contributed by atoms with Crippen LogP contribution in [-0.4, -0.2) is 23.9 Å². The lowest BCUT2D eigenvalue weighted by molar-refractivity contribution is -0.137. The molecule has 31 heavy (non-hydrogen) atoms. The predicted octanol–water partition coefficient (Wildman–Crippen LogP) is 6.25. The van der Waals surface area contributed by atoms with Gasteiger partial charge in [0, 0.05) is 18.7 Å². The lowest BCUT2D eigenvalue weighted by Crippen LogP contribution is -2.36. The molecule has 1 saturated carbocycles. The summed E-state index contributed by atoms with van der Waals surface area (Å²) in [5.74, 6) is 1.35. The monoisotopic (exact) mass is 431 g/mol. The van der Waals surface area contributed by atoms with Gasteiger partial charge in [0.05, 0.1) is 5.56 Å². The van der Waals surface area contributed by atoms with Gasteiger partial charge in [0.2, 0.25) is 0 Å². The minimum Gasteiger partial charge on any atom is -0.489 e. The number of ether oxygens (including phenoxy) is 1. The normalized spacial score (nSPS) is 17.9. The first-order valence-electron chi connectivity index (χ1n) is 11.1. The Morgan fingerprint density at radius 2 is 1.71 bits per heavy atom. The van der Waals surface area contributed by atoms with E-state index >= 15 is 0 Å². The summed E-state index contributed by atoms with van der Waals surface area (Å²) >= 11 is 0. The van der Waals surface area contributed by atoms with Crippen LogP contribution in [0.5, 0.6) is 5.75 Å². The molecule has 2 aromatic rings. The summed E-state index contributed by atoms with van der Waals surface area (Å²) in [7, 11) is 0. The second kappa shape index (κ2) is 9.33. The Labute approximate surface area is 181 Å². The van der Waals surface area contributed by atoms with Crippen molar-refractivity contribution in [2.45, 2.75) is 57.7 Å². The van der Waals surface area contributed by atoms with Crippen molar-refractivity contribution >= 4 is 5.91 Å². The number of carbonyl (C=O) groups is 1. The molecule has 1 heterocycles. The number of carbonyl (C=O) groups excluding carboxylic acids is 1. The van der Waals surface area contributed by atoms with E-state index in [2.05, 4.69) is 0 Å². The molecule has 3 nitrogen and oxygen atoms in total. The molecule has 0 radical (unpaired) electrons. The lowest BCUT2D eigenvalue weighted by Gasteiger charge is -2.29. The maximum Gasteiger partial charge on any atom is 0.416 e. The van der Waals surface area contributed by atoms with Crippen LogP contribution in [0.25, 0.3) is 0 Å². The van der Waals surface area contributed by atoms with Crippen molar-refractivity contribution in [2.24, 2.45) is 5.92 Å². The van der Waals surface area contributed by atoms with E-state index in [4.69, 9.17) is 4.74 Å². The molecule has 2 aliphatic rings. The van der Waals surface area contributed by atoms with Gasteiger partial charge in [0.15, 0.2) is 0 Å². The Morgan fingerprint density at radius 3 is 2.42 bits per heavy atom. The molecule has 1 fully saturated rings. The molecule has 0 bridgehead atoms. The number of fused-ring (bicyclic) bond motifs is 1. The molecule has 0 aromatic heterocycles. The Balaban J connectivity index is 1.40. The van der Waals surface area contributed by atoms with Crippen molar-refractivity contribution in [1.29, 1.82) is 0 Å². The molecule has 0 saturated heterocycles. The largest absolute Gasteiger partial charge is 0.489 e. The second-order valence-corrected chi connectivity index (χ2v) is 8.66. The third kappa shape index (κ3) is 5.41. The summed E-state index contributed by atoms with van der Waals surface area (Å²) in [5, 5.41) is 0. The molecule has 6 heteroatoms. The van der Waals surface area contributed by atoms with E-state index < -0.39 is 11.7 Å². The SMILES string of the molecule is O=C1c2ccc(OCc3ccc(C(F)(F)F)cc3)cc2CCCN1CC1CCCCC1. The van der Waals surface area contributed by atoms with Gasteiger partial charge in [0.25, 0.3) is 5.91 Å². The fourth-order valence-corrected chi connectivity index (χ4v) is 4.62. The molecule has 0 atom stereocenters. The van der Waals surface area contributed by atoms with Crippen molar-refractivity contribution in [1.82, 2.24) is 4.90 Å². The first-order chi connectivity index (χ1) is 14.9. The Kier molecular flexibility index (Phi) is 6.54. The molecule has 0 spiro atoms. The number of halogens is 3. The molecule has 2 aromatic carbocycles. The first-order valence-corrected chi connectivity index (χ1v) is 11.1. The first kappa shape index (κ1) is 21.7. The van der Waals surface area contributed by atoms with Crippen LogP contribution in [0.1, 0.15) is 65.6 Å². The summed E-state index contributed by atoms with van der Waals surface area (Å²) < 4.78 is 43.9. The quantitative estimate of drug-likeness (QED) is 0.560. The van der Waals surface area contributed by atoms with Gasteiger partial charge in [0.1, 0.15) is 12.4 Å². The van der Waals surface area contributed by atoms with E-state index in [9.17, 15) is 18.0 Å². The molecule has 1 aliphatic heterocycles. The minimum atomic E-state index is -4.34. The van der Waals surface area contributed by atoms with Crippen molar-refractivity contribution in [3.8, 4) is 5.75 Å². The van der Waals surface area contributed by atoms with E-state index in [1.165, 1.54) is 44.2 Å². The van der Waals surface area contributed by atoms with Gasteiger partial charge in [-0.2, -0.15) is 13.2 Å². The zero-order chi connectivity index (χ0) is 21.8. The van der Waals surface area contributed by atoms with E-state index in [1.54, 1.807) is 6.07 Å². The highest BCUT2D eigenvalue weighted by Gasteiger charge is 2.30. The van der Waals surface area contributed by atoms with Crippen LogP contribution in [0.2, 0.25) is 0 Å². The minimum absolute atomic E-state index is 0.104. The molecule has 1 aliphatic carbocycles. The van der Waals surface area contributed by atoms with Crippen LogP contribution < -0.4 is 4.74 Å². The topological polar surface area (TPSA) is 29.5 Å². The summed E-state index contributed by atoms with van der Waals surface area (Å²) in [6.45, 7) is 1.81. The summed E-state index contributed by atoms with van der Waals surface area (Å²) in [6, 6.07) is 10.5. The number of aryl methyl sites for hydroxylation is 1. The van der Waals surface area contributed by atoms with Gasteiger partial charge in [-0.05, 0) is 73.1 Å². The zero-order valence-electron chi connectivity index (χ0n) is 17.6. The number of amides is 1. The van der Waals surface area contributed by atoms with Crippen LogP contribution in [-0.2, 0) is 19.2 Å². The zero-order valence-corrected chi connectivity index (χ0v) is 17.6. The fraction of sp³-hybridized carbons (Fsp3) is 0.480. The van der Waals surface area contributed by atoms with E-state index in [0.717, 1.165) is 49.2 Å². The number of alkyl halides is 3. The Morgan fingerprint density at radius 1 is 0.968 bits per heavy atom. The molecule has 0 unspecified atom stereocenters. The highest BCUT2D eigenvalue weighted by Crippen LogP contribution is 2.30. The number of nitrogens with zero attached hydrogens (tertiary/aromatic N) is 1. The maximum absolute atomic E-state index is 13.1. The summed E-state index contributed by atoms with van der Waals surface area (Å²) in [5.41, 5.74) is 1.73. The van der Waals surface area contributed by atoms with E-state index in [1.807, 2.05) is 17.0 Å². The fourth-order valence-electron chi connectivity index (χ4n) is 4.62. The van der Waals surface area contributed by atoms with E-state index in [0.29, 0.717) is 17.2 Å². The molecule has 1 amide bonds. The third-order valence-corrected chi connectivity index (χ3v) is 6.36. The van der Waals surface area contributed by atoms with Crippen molar-refractivity contribution in [2.75, 3.05) is 13.1 Å². The summed E-state index contributed by atoms with van der Waals surface area (Å²) in [6.07, 6.45) is 3.68. The van der Waals surface area contributed by atoms with Crippen LogP contribution in [0.4, 0.5) is 13.2 Å². The van der Waals surface area contributed by atoms with Gasteiger partial charge in [-0.3, -0.25) is 4.79 Å². The van der Waals surface area contributed by atoms with Gasteiger partial charge < -0.3 is 9.64 Å². The summed E-state index contributed by atoms with van der Waals surface area (Å²) in [4.78, 5) is 15.1. The van der Waals surface area contributed by atoms with Crippen LogP contribution in [0.3, 0.4) is 0 Å². The number of benzene rings is 2. The van der Waals surface area contributed by atoms with Crippen molar-refractivity contribution in [3.05, 3.63) is 64.7 Å². The molecule has 166 valence electrons. The van der Waals surface area contributed by atoms with Gasteiger partial charge in [-0.15, -0.1) is 0 Å². The van der Waals surface area contributed by atoms with Crippen molar-refractivity contribution < 1.29 is 22.7 Å². The highest BCUT2D eigenvalue weighted by atomic mass is 19.4. The average molecular weight is 431 g/mol. The van der Waals surface area contributed by atoms with Crippen LogP contribution >= 0.6 is 0 Å². The number of hydrogen-bond donors (Lipinski definition) is 0.